The first kappa shape index (κ1) is 30.0. The van der Waals surface area contributed by atoms with Gasteiger partial charge in [-0.1, -0.05) is 0 Å². The van der Waals surface area contributed by atoms with Crippen molar-refractivity contribution < 1.29 is 26.7 Å². The number of hydrogen-bond acceptors (Lipinski definition) is 8. The monoisotopic (exact) mass is 595 g/mol. The van der Waals surface area contributed by atoms with Crippen molar-refractivity contribution in [1.82, 2.24) is 14.9 Å². The molecule has 2 saturated heterocycles. The lowest BCUT2D eigenvalue weighted by atomic mass is 9.63. The number of likely N-dealkylation sites (tertiary alicyclic amines) is 1. The molecule has 41 heavy (non-hydrogen) atoms. The molecular formula is C29H40F3N5O3S. The topological polar surface area (TPSA) is 98.7 Å². The van der Waals surface area contributed by atoms with E-state index in [0.717, 1.165) is 32.1 Å². The molecule has 0 amide bonds. The fraction of sp³-hybridized carbons (Fsp3) is 0.655. The van der Waals surface area contributed by atoms with Crippen LogP contribution >= 0.6 is 0 Å². The zero-order valence-electron chi connectivity index (χ0n) is 24.1. The standard InChI is InChI=1S/C29H40F3N5O3S/c1-19(2)36-13-9-28(10-14-36)16-22(17-28)41(39,40)21-5-6-24(20(3)15-21)34-26-33-18-23(29(30,31)32)25(35-26)37-11-7-27(4,38)8-12-37/h5-6,15,18-19,22,38H,7-14,16-17H2,1-4H3,(H,33,34,35). The molecule has 1 saturated carbocycles. The Labute approximate surface area is 240 Å². The Kier molecular flexibility index (Phi) is 7.82. The van der Waals surface area contributed by atoms with E-state index in [9.17, 15) is 26.7 Å². The lowest BCUT2D eigenvalue weighted by Crippen LogP contribution is -2.52. The van der Waals surface area contributed by atoms with Crippen LogP contribution in [0.1, 0.15) is 70.4 Å². The Hall–Kier alpha value is -2.44. The Morgan fingerprint density at radius 3 is 2.27 bits per heavy atom. The number of aromatic nitrogens is 2. The molecule has 5 rings (SSSR count). The van der Waals surface area contributed by atoms with E-state index >= 15 is 0 Å². The second kappa shape index (κ2) is 10.7. The van der Waals surface area contributed by atoms with Crippen LogP contribution in [0.2, 0.25) is 0 Å². The lowest BCUT2D eigenvalue weighted by Gasteiger charge is -2.52. The summed E-state index contributed by atoms with van der Waals surface area (Å²) < 4.78 is 68.2. The maximum Gasteiger partial charge on any atom is 0.421 e. The van der Waals surface area contributed by atoms with Gasteiger partial charge in [0, 0.05) is 31.0 Å². The summed E-state index contributed by atoms with van der Waals surface area (Å²) in [5.41, 5.74) is -0.586. The van der Waals surface area contributed by atoms with Gasteiger partial charge < -0.3 is 20.2 Å². The molecule has 1 aromatic heterocycles. The molecule has 3 aliphatic rings. The van der Waals surface area contributed by atoms with Crippen LogP contribution in [0.5, 0.6) is 0 Å². The van der Waals surface area contributed by atoms with Gasteiger partial charge in [-0.2, -0.15) is 18.2 Å². The number of halogens is 3. The molecule has 1 aliphatic carbocycles. The van der Waals surface area contributed by atoms with Crippen molar-refractivity contribution in [1.29, 1.82) is 0 Å². The van der Waals surface area contributed by atoms with E-state index in [1.807, 2.05) is 0 Å². The first-order valence-electron chi connectivity index (χ1n) is 14.4. The molecule has 0 bridgehead atoms. The van der Waals surface area contributed by atoms with Crippen molar-refractivity contribution in [3.05, 3.63) is 35.5 Å². The molecule has 3 heterocycles. The van der Waals surface area contributed by atoms with Gasteiger partial charge in [-0.3, -0.25) is 0 Å². The second-order valence-corrected chi connectivity index (χ2v) is 14.9. The van der Waals surface area contributed by atoms with E-state index < -0.39 is 32.4 Å². The molecule has 8 nitrogen and oxygen atoms in total. The number of benzene rings is 1. The highest BCUT2D eigenvalue weighted by Gasteiger charge is 2.51. The average molecular weight is 596 g/mol. The summed E-state index contributed by atoms with van der Waals surface area (Å²) in [5, 5.41) is 12.8. The number of piperidine rings is 2. The van der Waals surface area contributed by atoms with Gasteiger partial charge in [0.15, 0.2) is 9.84 Å². The van der Waals surface area contributed by atoms with Crippen molar-refractivity contribution in [2.45, 2.75) is 94.2 Å². The zero-order valence-corrected chi connectivity index (χ0v) is 24.9. The molecule has 0 atom stereocenters. The summed E-state index contributed by atoms with van der Waals surface area (Å²) in [6, 6.07) is 5.29. The number of nitrogens with one attached hydrogen (secondary N) is 1. The number of alkyl halides is 3. The van der Waals surface area contributed by atoms with Crippen molar-refractivity contribution in [2.24, 2.45) is 5.41 Å². The van der Waals surface area contributed by atoms with Crippen LogP contribution in [0, 0.1) is 12.3 Å². The maximum atomic E-state index is 13.8. The number of anilines is 3. The average Bonchev–Trinajstić information content (AvgIpc) is 2.87. The van der Waals surface area contributed by atoms with Gasteiger partial charge in [-0.15, -0.1) is 0 Å². The van der Waals surface area contributed by atoms with Gasteiger partial charge >= 0.3 is 6.18 Å². The van der Waals surface area contributed by atoms with Crippen molar-refractivity contribution in [3.63, 3.8) is 0 Å². The quantitative estimate of drug-likeness (QED) is 0.463. The predicted octanol–water partition coefficient (Wildman–Crippen LogP) is 5.33. The van der Waals surface area contributed by atoms with Gasteiger partial charge in [-0.05, 0) is 108 Å². The van der Waals surface area contributed by atoms with Crippen molar-refractivity contribution in [3.8, 4) is 0 Å². The number of hydrogen-bond donors (Lipinski definition) is 2. The molecule has 1 aromatic carbocycles. The smallest absolute Gasteiger partial charge is 0.390 e. The van der Waals surface area contributed by atoms with Crippen molar-refractivity contribution in [2.75, 3.05) is 36.4 Å². The van der Waals surface area contributed by atoms with Crippen LogP contribution in [-0.4, -0.2) is 71.5 Å². The predicted molar refractivity (Wildman–Crippen MR) is 152 cm³/mol. The molecular weight excluding hydrogens is 555 g/mol. The van der Waals surface area contributed by atoms with Crippen LogP contribution in [0.25, 0.3) is 0 Å². The number of rotatable bonds is 6. The van der Waals surface area contributed by atoms with Gasteiger partial charge in [0.1, 0.15) is 11.4 Å². The summed E-state index contributed by atoms with van der Waals surface area (Å²) in [7, 11) is -3.50. The van der Waals surface area contributed by atoms with Crippen LogP contribution in [0.15, 0.2) is 29.3 Å². The highest BCUT2D eigenvalue weighted by atomic mass is 32.2. The molecule has 226 valence electrons. The van der Waals surface area contributed by atoms with E-state index in [-0.39, 0.29) is 35.2 Å². The molecule has 12 heteroatoms. The molecule has 1 spiro atoms. The molecule has 2 N–H and O–H groups in total. The van der Waals surface area contributed by atoms with Crippen molar-refractivity contribution >= 4 is 27.3 Å². The summed E-state index contributed by atoms with van der Waals surface area (Å²) in [5.74, 6) is -0.252. The molecule has 0 unspecified atom stereocenters. The molecule has 2 aromatic rings. The number of sulfone groups is 1. The third-order valence-corrected chi connectivity index (χ3v) is 11.5. The van der Waals surface area contributed by atoms with Gasteiger partial charge in [-0.25, -0.2) is 13.4 Å². The zero-order chi connectivity index (χ0) is 29.8. The van der Waals surface area contributed by atoms with Crippen LogP contribution in [0.3, 0.4) is 0 Å². The molecule has 2 aliphatic heterocycles. The third-order valence-electron chi connectivity index (χ3n) is 9.34. The van der Waals surface area contributed by atoms with Gasteiger partial charge in [0.25, 0.3) is 0 Å². The SMILES string of the molecule is Cc1cc(S(=O)(=O)C2CC3(CCN(C(C)C)CC3)C2)ccc1Nc1ncc(C(F)(F)F)c(N2CCC(C)(O)CC2)n1. The lowest BCUT2D eigenvalue weighted by molar-refractivity contribution is -0.137. The maximum absolute atomic E-state index is 13.8. The minimum atomic E-state index is -4.63. The van der Waals surface area contributed by atoms with Gasteiger partial charge in [0.05, 0.1) is 15.7 Å². The van der Waals surface area contributed by atoms with Crippen LogP contribution < -0.4 is 10.2 Å². The summed E-state index contributed by atoms with van der Waals surface area (Å²) >= 11 is 0. The normalized spacial score (nSPS) is 21.7. The minimum absolute atomic E-state index is 0.0160. The van der Waals surface area contributed by atoms with E-state index in [4.69, 9.17) is 0 Å². The Morgan fingerprint density at radius 1 is 1.07 bits per heavy atom. The highest BCUT2D eigenvalue weighted by Crippen LogP contribution is 2.53. The van der Waals surface area contributed by atoms with Crippen LogP contribution in [-0.2, 0) is 16.0 Å². The summed E-state index contributed by atoms with van der Waals surface area (Å²) in [6.07, 6.45) is 0.225. The van der Waals surface area contributed by atoms with E-state index in [2.05, 4.69) is 34.0 Å². The molecule has 3 fully saturated rings. The Bertz CT molecular complexity index is 1370. The van der Waals surface area contributed by atoms with E-state index in [0.29, 0.717) is 43.0 Å². The fourth-order valence-corrected chi connectivity index (χ4v) is 8.52. The van der Waals surface area contributed by atoms with E-state index in [1.165, 1.54) is 4.90 Å². The number of nitrogens with zero attached hydrogens (tertiary/aromatic N) is 4. The molecule has 0 radical (unpaired) electrons. The first-order valence-corrected chi connectivity index (χ1v) is 15.9. The number of aliphatic hydroxyl groups is 1. The first-order chi connectivity index (χ1) is 19.1. The number of aryl methyl sites for hydroxylation is 1. The largest absolute Gasteiger partial charge is 0.421 e. The van der Waals surface area contributed by atoms with Crippen LogP contribution in [0.4, 0.5) is 30.6 Å². The highest BCUT2D eigenvalue weighted by molar-refractivity contribution is 7.92. The summed E-state index contributed by atoms with van der Waals surface area (Å²) in [6.45, 7) is 10.3. The fourth-order valence-electron chi connectivity index (χ4n) is 6.39. The van der Waals surface area contributed by atoms with E-state index in [1.54, 1.807) is 32.0 Å². The minimum Gasteiger partial charge on any atom is -0.390 e. The second-order valence-electron chi connectivity index (χ2n) is 12.7. The Balaban J connectivity index is 1.30. The van der Waals surface area contributed by atoms with Gasteiger partial charge in [0.2, 0.25) is 5.95 Å². The Morgan fingerprint density at radius 2 is 1.71 bits per heavy atom. The third kappa shape index (κ3) is 6.19. The summed E-state index contributed by atoms with van der Waals surface area (Å²) in [4.78, 5) is 12.4.